The second-order valence-electron chi connectivity index (χ2n) is 6.37. The van der Waals surface area contributed by atoms with Crippen molar-refractivity contribution in [1.29, 1.82) is 0 Å². The number of rotatable bonds is 5. The molecule has 2 heterocycles. The molecule has 1 unspecified atom stereocenters. The zero-order chi connectivity index (χ0) is 17.2. The van der Waals surface area contributed by atoms with Gasteiger partial charge < -0.3 is 14.7 Å². The van der Waals surface area contributed by atoms with Crippen LogP contribution < -0.4 is 4.74 Å². The van der Waals surface area contributed by atoms with Crippen LogP contribution in [0.15, 0.2) is 18.2 Å². The van der Waals surface area contributed by atoms with Crippen molar-refractivity contribution in [3.8, 4) is 5.75 Å². The van der Waals surface area contributed by atoms with Crippen molar-refractivity contribution in [2.24, 2.45) is 0 Å². The molecule has 2 saturated heterocycles. The van der Waals surface area contributed by atoms with E-state index in [2.05, 4.69) is 0 Å². The summed E-state index contributed by atoms with van der Waals surface area (Å²) in [4.78, 5) is 19.7. The maximum absolute atomic E-state index is 14.0. The quantitative estimate of drug-likeness (QED) is 0.877. The zero-order valence-corrected chi connectivity index (χ0v) is 13.8. The van der Waals surface area contributed by atoms with Crippen molar-refractivity contribution >= 4 is 5.91 Å². The lowest BCUT2D eigenvalue weighted by atomic mass is 9.91. The standard InChI is InChI=1S/C17H23FN2O4/c1-23-14-4-5-15(18)13(10-14)11-19-7-2-6-17(22,16(19)21)12-20-8-3-9-24-20/h4-5,10,22H,2-3,6-9,11-12H2,1H3. The van der Waals surface area contributed by atoms with Crippen molar-refractivity contribution in [3.63, 3.8) is 0 Å². The highest BCUT2D eigenvalue weighted by Gasteiger charge is 2.44. The van der Waals surface area contributed by atoms with Gasteiger partial charge in [-0.1, -0.05) is 0 Å². The first-order valence-corrected chi connectivity index (χ1v) is 8.24. The summed E-state index contributed by atoms with van der Waals surface area (Å²) in [6.07, 6.45) is 1.95. The van der Waals surface area contributed by atoms with Gasteiger partial charge in [-0.15, -0.1) is 0 Å². The van der Waals surface area contributed by atoms with Gasteiger partial charge in [0, 0.05) is 25.2 Å². The summed E-state index contributed by atoms with van der Waals surface area (Å²) in [7, 11) is 1.51. The lowest BCUT2D eigenvalue weighted by molar-refractivity contribution is -0.182. The van der Waals surface area contributed by atoms with Gasteiger partial charge in [-0.25, -0.2) is 4.39 Å². The third-order valence-corrected chi connectivity index (χ3v) is 4.58. The average Bonchev–Trinajstić information content (AvgIpc) is 3.06. The summed E-state index contributed by atoms with van der Waals surface area (Å²) in [5.41, 5.74) is -1.10. The molecule has 1 aromatic carbocycles. The van der Waals surface area contributed by atoms with Crippen molar-refractivity contribution in [2.45, 2.75) is 31.4 Å². The predicted octanol–water partition coefficient (Wildman–Crippen LogP) is 1.33. The summed E-state index contributed by atoms with van der Waals surface area (Å²) in [6, 6.07) is 4.45. The highest BCUT2D eigenvalue weighted by Crippen LogP contribution is 2.27. The monoisotopic (exact) mass is 338 g/mol. The SMILES string of the molecule is COc1ccc(F)c(CN2CCCC(O)(CN3CCCO3)C2=O)c1. The molecule has 7 heteroatoms. The molecule has 2 aliphatic heterocycles. The van der Waals surface area contributed by atoms with Gasteiger partial charge in [-0.2, -0.15) is 5.06 Å². The summed E-state index contributed by atoms with van der Waals surface area (Å²) in [5, 5.41) is 12.4. The molecular formula is C17H23FN2O4. The van der Waals surface area contributed by atoms with Crippen molar-refractivity contribution in [2.75, 3.05) is 33.4 Å². The number of β-amino-alcohol motifs (C(OH)–C–C–N with tert-alkyl or cyclic N) is 1. The van der Waals surface area contributed by atoms with Gasteiger partial charge in [0.05, 0.1) is 20.3 Å². The molecule has 1 amide bonds. The normalized spacial score (nSPS) is 25.3. The maximum Gasteiger partial charge on any atom is 0.256 e. The summed E-state index contributed by atoms with van der Waals surface area (Å²) >= 11 is 0. The number of hydrogen-bond donors (Lipinski definition) is 1. The number of amides is 1. The van der Waals surface area contributed by atoms with Crippen LogP contribution >= 0.6 is 0 Å². The van der Waals surface area contributed by atoms with E-state index in [0.717, 1.165) is 6.42 Å². The third-order valence-electron chi connectivity index (χ3n) is 4.58. The van der Waals surface area contributed by atoms with Crippen molar-refractivity contribution < 1.29 is 23.9 Å². The number of aliphatic hydroxyl groups is 1. The second kappa shape index (κ2) is 7.04. The molecule has 24 heavy (non-hydrogen) atoms. The molecule has 0 spiro atoms. The summed E-state index contributed by atoms with van der Waals surface area (Å²) in [5.74, 6) is -0.219. The Morgan fingerprint density at radius 1 is 1.38 bits per heavy atom. The number of methoxy groups -OCH3 is 1. The Hall–Kier alpha value is -1.70. The second-order valence-corrected chi connectivity index (χ2v) is 6.37. The van der Waals surface area contributed by atoms with Crippen LogP contribution in [0.1, 0.15) is 24.8 Å². The summed E-state index contributed by atoms with van der Waals surface area (Å²) in [6.45, 7) is 2.09. The number of hydrogen-bond acceptors (Lipinski definition) is 5. The van der Waals surface area contributed by atoms with Gasteiger partial charge in [0.15, 0.2) is 5.60 Å². The van der Waals surface area contributed by atoms with Crippen LogP contribution in [-0.2, 0) is 16.2 Å². The summed E-state index contributed by atoms with van der Waals surface area (Å²) < 4.78 is 19.1. The Balaban J connectivity index is 1.72. The Morgan fingerprint density at radius 3 is 2.92 bits per heavy atom. The number of hydroxylamine groups is 2. The van der Waals surface area contributed by atoms with Crippen LogP contribution in [0.25, 0.3) is 0 Å². The van der Waals surface area contributed by atoms with Gasteiger partial charge in [-0.05, 0) is 37.5 Å². The van der Waals surface area contributed by atoms with Crippen molar-refractivity contribution in [3.05, 3.63) is 29.6 Å². The fourth-order valence-electron chi connectivity index (χ4n) is 3.28. The zero-order valence-electron chi connectivity index (χ0n) is 13.8. The molecule has 6 nitrogen and oxygen atoms in total. The molecule has 1 N–H and O–H groups in total. The van der Waals surface area contributed by atoms with E-state index >= 15 is 0 Å². The third kappa shape index (κ3) is 3.53. The van der Waals surface area contributed by atoms with E-state index in [1.807, 2.05) is 0 Å². The van der Waals surface area contributed by atoms with Gasteiger partial charge in [0.25, 0.3) is 5.91 Å². The molecule has 132 valence electrons. The first kappa shape index (κ1) is 17.1. The van der Waals surface area contributed by atoms with Crippen LogP contribution in [0.4, 0.5) is 4.39 Å². The molecule has 2 fully saturated rings. The lowest BCUT2D eigenvalue weighted by Gasteiger charge is -2.39. The molecule has 2 aliphatic rings. The van der Waals surface area contributed by atoms with E-state index in [4.69, 9.17) is 9.57 Å². The highest BCUT2D eigenvalue weighted by atomic mass is 19.1. The van der Waals surface area contributed by atoms with E-state index in [1.54, 1.807) is 11.1 Å². The fourth-order valence-corrected chi connectivity index (χ4v) is 3.28. The molecule has 0 saturated carbocycles. The first-order chi connectivity index (χ1) is 11.5. The minimum absolute atomic E-state index is 0.116. The molecule has 0 aromatic heterocycles. The van der Waals surface area contributed by atoms with E-state index in [0.29, 0.717) is 43.9 Å². The Bertz CT molecular complexity index is 606. The smallest absolute Gasteiger partial charge is 0.256 e. The van der Waals surface area contributed by atoms with Crippen LogP contribution in [0.2, 0.25) is 0 Å². The number of piperidine rings is 1. The predicted molar refractivity (Wildman–Crippen MR) is 84.7 cm³/mol. The Kier molecular flexibility index (Phi) is 5.03. The Labute approximate surface area is 140 Å². The van der Waals surface area contributed by atoms with Crippen LogP contribution in [0.5, 0.6) is 5.75 Å². The Morgan fingerprint density at radius 2 is 2.21 bits per heavy atom. The minimum atomic E-state index is -1.47. The molecule has 0 aliphatic carbocycles. The minimum Gasteiger partial charge on any atom is -0.497 e. The molecule has 3 rings (SSSR count). The van der Waals surface area contributed by atoms with Gasteiger partial charge in [-0.3, -0.25) is 9.63 Å². The number of nitrogens with zero attached hydrogens (tertiary/aromatic N) is 2. The average molecular weight is 338 g/mol. The lowest BCUT2D eigenvalue weighted by Crippen LogP contribution is -2.57. The first-order valence-electron chi connectivity index (χ1n) is 8.24. The van der Waals surface area contributed by atoms with E-state index in [1.165, 1.54) is 24.1 Å². The topological polar surface area (TPSA) is 62.2 Å². The van der Waals surface area contributed by atoms with Crippen LogP contribution in [0.3, 0.4) is 0 Å². The molecule has 1 atom stereocenters. The molecular weight excluding hydrogens is 315 g/mol. The highest BCUT2D eigenvalue weighted by molar-refractivity contribution is 5.86. The molecule has 0 bridgehead atoms. The van der Waals surface area contributed by atoms with E-state index < -0.39 is 5.60 Å². The number of ether oxygens (including phenoxy) is 1. The van der Waals surface area contributed by atoms with Crippen LogP contribution in [0, 0.1) is 5.82 Å². The van der Waals surface area contributed by atoms with Gasteiger partial charge >= 0.3 is 0 Å². The number of halogens is 1. The fraction of sp³-hybridized carbons (Fsp3) is 0.588. The molecule has 0 radical (unpaired) electrons. The maximum atomic E-state index is 14.0. The largest absolute Gasteiger partial charge is 0.497 e. The number of likely N-dealkylation sites (tertiary alicyclic amines) is 1. The van der Waals surface area contributed by atoms with Crippen molar-refractivity contribution in [1.82, 2.24) is 9.96 Å². The van der Waals surface area contributed by atoms with E-state index in [9.17, 15) is 14.3 Å². The van der Waals surface area contributed by atoms with Gasteiger partial charge in [0.2, 0.25) is 0 Å². The van der Waals surface area contributed by atoms with Crippen LogP contribution in [-0.4, -0.2) is 59.9 Å². The number of carbonyl (C=O) groups is 1. The van der Waals surface area contributed by atoms with Gasteiger partial charge in [0.1, 0.15) is 11.6 Å². The van der Waals surface area contributed by atoms with E-state index in [-0.39, 0.29) is 24.8 Å². The number of carbonyl (C=O) groups excluding carboxylic acids is 1. The molecule has 1 aromatic rings. The number of benzene rings is 1.